The Hall–Kier alpha value is -3.40. The lowest BCUT2D eigenvalue weighted by Gasteiger charge is -2.28. The topological polar surface area (TPSA) is 134 Å². The Balaban J connectivity index is 2.10. The van der Waals surface area contributed by atoms with Crippen LogP contribution in [0.25, 0.3) is 0 Å². The maximum atomic E-state index is 12.9. The fourth-order valence-corrected chi connectivity index (χ4v) is 3.94. The standard InChI is InChI=1S/C27H39N3O7/c1-8-11-36-23(32)14-21(16(2)3)25(34)28-17(4)24(33)29-19-10-9-18-12-20(15-31)30(22(18)13-19)26(35)37-27(5,6)7/h8-10,13,16-17,20-21,31H,1,11-12,14-15H2,2-7H3,(H,28,34)(H,29,33)/t17-,20-,21-/m0/s1. The van der Waals surface area contributed by atoms with E-state index in [0.29, 0.717) is 17.8 Å². The molecule has 2 rings (SSSR count). The number of nitrogens with one attached hydrogen (secondary N) is 2. The summed E-state index contributed by atoms with van der Waals surface area (Å²) >= 11 is 0. The fourth-order valence-electron chi connectivity index (χ4n) is 3.94. The number of aliphatic hydroxyl groups excluding tert-OH is 1. The van der Waals surface area contributed by atoms with Gasteiger partial charge in [0.15, 0.2) is 0 Å². The zero-order chi connectivity index (χ0) is 27.9. The molecule has 0 aliphatic carbocycles. The van der Waals surface area contributed by atoms with E-state index < -0.39 is 47.5 Å². The third kappa shape index (κ3) is 8.31. The highest BCUT2D eigenvalue weighted by atomic mass is 16.6. The van der Waals surface area contributed by atoms with Gasteiger partial charge in [0.2, 0.25) is 11.8 Å². The van der Waals surface area contributed by atoms with E-state index in [4.69, 9.17) is 9.47 Å². The molecule has 0 unspecified atom stereocenters. The van der Waals surface area contributed by atoms with Crippen LogP contribution in [0.2, 0.25) is 0 Å². The molecule has 1 aliphatic rings. The first kappa shape index (κ1) is 29.8. The minimum Gasteiger partial charge on any atom is -0.461 e. The monoisotopic (exact) mass is 517 g/mol. The van der Waals surface area contributed by atoms with Crippen molar-refractivity contribution in [1.29, 1.82) is 0 Å². The average Bonchev–Trinajstić information content (AvgIpc) is 3.17. The molecule has 37 heavy (non-hydrogen) atoms. The maximum absolute atomic E-state index is 12.9. The first-order valence-corrected chi connectivity index (χ1v) is 12.4. The quantitative estimate of drug-likeness (QED) is 0.321. The number of ether oxygens (including phenoxy) is 2. The Bertz CT molecular complexity index is 1020. The maximum Gasteiger partial charge on any atom is 0.415 e. The fraction of sp³-hybridized carbons (Fsp3) is 0.556. The van der Waals surface area contributed by atoms with Crippen molar-refractivity contribution in [2.45, 2.75) is 72.1 Å². The molecule has 1 aromatic rings. The number of esters is 1. The molecule has 1 aromatic carbocycles. The Kier molecular flexibility index (Phi) is 10.2. The number of nitrogens with zero attached hydrogens (tertiary/aromatic N) is 1. The van der Waals surface area contributed by atoms with Crippen molar-refractivity contribution in [2.75, 3.05) is 23.4 Å². The SMILES string of the molecule is C=CCOC(=O)C[C@H](C(=O)N[C@@H](C)C(=O)Nc1ccc2c(c1)N(C(=O)OC(C)(C)C)[C@H](CO)C2)C(C)C. The van der Waals surface area contributed by atoms with Crippen LogP contribution in [0.1, 0.15) is 53.5 Å². The summed E-state index contributed by atoms with van der Waals surface area (Å²) in [7, 11) is 0. The predicted molar refractivity (Wildman–Crippen MR) is 140 cm³/mol. The van der Waals surface area contributed by atoms with Gasteiger partial charge in [-0.3, -0.25) is 19.3 Å². The van der Waals surface area contributed by atoms with Gasteiger partial charge in [-0.05, 0) is 57.7 Å². The molecular weight excluding hydrogens is 478 g/mol. The second-order valence-electron chi connectivity index (χ2n) is 10.5. The van der Waals surface area contributed by atoms with Crippen molar-refractivity contribution in [3.05, 3.63) is 36.4 Å². The third-order valence-electron chi connectivity index (χ3n) is 5.88. The van der Waals surface area contributed by atoms with Gasteiger partial charge in [0.25, 0.3) is 0 Å². The Morgan fingerprint density at radius 2 is 1.86 bits per heavy atom. The lowest BCUT2D eigenvalue weighted by Crippen LogP contribution is -2.45. The largest absolute Gasteiger partial charge is 0.461 e. The van der Waals surface area contributed by atoms with Gasteiger partial charge in [-0.1, -0.05) is 32.6 Å². The van der Waals surface area contributed by atoms with E-state index in [1.165, 1.54) is 11.0 Å². The van der Waals surface area contributed by atoms with Crippen LogP contribution in [0, 0.1) is 11.8 Å². The number of carbonyl (C=O) groups excluding carboxylic acids is 4. The zero-order valence-electron chi connectivity index (χ0n) is 22.5. The molecule has 0 spiro atoms. The van der Waals surface area contributed by atoms with Crippen LogP contribution in [0.3, 0.4) is 0 Å². The Labute approximate surface area is 218 Å². The van der Waals surface area contributed by atoms with Crippen molar-refractivity contribution >= 4 is 35.3 Å². The average molecular weight is 518 g/mol. The number of benzene rings is 1. The molecule has 0 saturated heterocycles. The van der Waals surface area contributed by atoms with Gasteiger partial charge < -0.3 is 25.2 Å². The molecule has 204 valence electrons. The Morgan fingerprint density at radius 1 is 1.19 bits per heavy atom. The first-order valence-electron chi connectivity index (χ1n) is 12.4. The number of aliphatic hydroxyl groups is 1. The minimum absolute atomic E-state index is 0.0647. The van der Waals surface area contributed by atoms with Gasteiger partial charge in [0, 0.05) is 5.69 Å². The number of hydrogen-bond donors (Lipinski definition) is 3. The highest BCUT2D eigenvalue weighted by Gasteiger charge is 2.36. The van der Waals surface area contributed by atoms with Crippen molar-refractivity contribution in [3.63, 3.8) is 0 Å². The van der Waals surface area contributed by atoms with Gasteiger partial charge in [-0.25, -0.2) is 4.79 Å². The molecule has 0 aromatic heterocycles. The molecule has 3 N–H and O–H groups in total. The summed E-state index contributed by atoms with van der Waals surface area (Å²) in [4.78, 5) is 51.9. The predicted octanol–water partition coefficient (Wildman–Crippen LogP) is 3.18. The van der Waals surface area contributed by atoms with Gasteiger partial charge in [-0.15, -0.1) is 0 Å². The number of carbonyl (C=O) groups is 4. The summed E-state index contributed by atoms with van der Waals surface area (Å²) in [6.45, 7) is 13.8. The second-order valence-corrected chi connectivity index (χ2v) is 10.5. The third-order valence-corrected chi connectivity index (χ3v) is 5.88. The normalized spacial score (nSPS) is 16.4. The molecule has 0 bridgehead atoms. The van der Waals surface area contributed by atoms with Crippen LogP contribution >= 0.6 is 0 Å². The van der Waals surface area contributed by atoms with Gasteiger partial charge >= 0.3 is 12.1 Å². The van der Waals surface area contributed by atoms with Crippen molar-refractivity contribution in [1.82, 2.24) is 5.32 Å². The zero-order valence-corrected chi connectivity index (χ0v) is 22.5. The highest BCUT2D eigenvalue weighted by Crippen LogP contribution is 2.35. The lowest BCUT2D eigenvalue weighted by atomic mass is 9.91. The van der Waals surface area contributed by atoms with E-state index in [1.54, 1.807) is 45.9 Å². The van der Waals surface area contributed by atoms with E-state index >= 15 is 0 Å². The van der Waals surface area contributed by atoms with Crippen molar-refractivity contribution < 1.29 is 33.8 Å². The first-order chi connectivity index (χ1) is 17.3. The molecular formula is C27H39N3O7. The van der Waals surface area contributed by atoms with Gasteiger partial charge in [-0.2, -0.15) is 0 Å². The summed E-state index contributed by atoms with van der Waals surface area (Å²) in [5, 5.41) is 15.2. The van der Waals surface area contributed by atoms with Gasteiger partial charge in [0.05, 0.1) is 30.7 Å². The van der Waals surface area contributed by atoms with Crippen LogP contribution in [0.15, 0.2) is 30.9 Å². The number of anilines is 2. The van der Waals surface area contributed by atoms with E-state index in [0.717, 1.165) is 5.56 Å². The number of fused-ring (bicyclic) bond motifs is 1. The van der Waals surface area contributed by atoms with Gasteiger partial charge in [0.1, 0.15) is 18.2 Å². The number of amides is 3. The molecule has 0 saturated carbocycles. The number of rotatable bonds is 10. The van der Waals surface area contributed by atoms with Crippen LogP contribution in [0.5, 0.6) is 0 Å². The molecule has 0 fully saturated rings. The molecule has 1 aliphatic heterocycles. The van der Waals surface area contributed by atoms with Crippen LogP contribution in [0.4, 0.5) is 16.2 Å². The summed E-state index contributed by atoms with van der Waals surface area (Å²) < 4.78 is 10.5. The summed E-state index contributed by atoms with van der Waals surface area (Å²) in [5.41, 5.74) is 1.09. The van der Waals surface area contributed by atoms with Crippen molar-refractivity contribution in [3.8, 4) is 0 Å². The van der Waals surface area contributed by atoms with E-state index in [-0.39, 0.29) is 25.6 Å². The second kappa shape index (κ2) is 12.7. The Morgan fingerprint density at radius 3 is 2.43 bits per heavy atom. The molecule has 10 heteroatoms. The van der Waals surface area contributed by atoms with E-state index in [9.17, 15) is 24.3 Å². The van der Waals surface area contributed by atoms with Crippen LogP contribution < -0.4 is 15.5 Å². The van der Waals surface area contributed by atoms with E-state index in [1.807, 2.05) is 13.8 Å². The molecule has 3 amide bonds. The molecule has 10 nitrogen and oxygen atoms in total. The van der Waals surface area contributed by atoms with E-state index in [2.05, 4.69) is 17.2 Å². The summed E-state index contributed by atoms with van der Waals surface area (Å²) in [5.74, 6) is -2.22. The summed E-state index contributed by atoms with van der Waals surface area (Å²) in [6.07, 6.45) is 1.21. The molecule has 1 heterocycles. The minimum atomic E-state index is -0.890. The molecule has 3 atom stereocenters. The van der Waals surface area contributed by atoms with Crippen LogP contribution in [-0.2, 0) is 30.3 Å². The van der Waals surface area contributed by atoms with Crippen LogP contribution in [-0.4, -0.2) is 59.9 Å². The highest BCUT2D eigenvalue weighted by molar-refractivity contribution is 5.99. The summed E-state index contributed by atoms with van der Waals surface area (Å²) in [6, 6.07) is 3.77. The van der Waals surface area contributed by atoms with Crippen molar-refractivity contribution in [2.24, 2.45) is 11.8 Å². The smallest absolute Gasteiger partial charge is 0.415 e. The lowest BCUT2D eigenvalue weighted by molar-refractivity contribution is -0.146. The molecule has 0 radical (unpaired) electrons. The number of hydrogen-bond acceptors (Lipinski definition) is 7.